The molecule has 0 saturated heterocycles. The van der Waals surface area contributed by atoms with Gasteiger partial charge in [-0.1, -0.05) is 34.2 Å². The molecule has 0 fully saturated rings. The van der Waals surface area contributed by atoms with E-state index in [0.717, 1.165) is 20.4 Å². The Morgan fingerprint density at radius 3 is 2.81 bits per heavy atom. The van der Waals surface area contributed by atoms with Crippen molar-refractivity contribution < 1.29 is 9.53 Å². The molecule has 0 aliphatic rings. The number of carbonyl (C=O) groups is 1. The van der Waals surface area contributed by atoms with Gasteiger partial charge in [0.1, 0.15) is 10.8 Å². The van der Waals surface area contributed by atoms with Gasteiger partial charge in [-0.15, -0.1) is 10.2 Å². The molecule has 1 amide bonds. The Balaban J connectivity index is 1.98. The highest BCUT2D eigenvalue weighted by molar-refractivity contribution is 9.11. The summed E-state index contributed by atoms with van der Waals surface area (Å²) in [4.78, 5) is 12.1. The van der Waals surface area contributed by atoms with Crippen LogP contribution in [-0.4, -0.2) is 22.2 Å². The number of nitrogens with zero attached hydrogens (tertiary/aromatic N) is 2. The Bertz CT molecular complexity index is 648. The normalized spacial score (nSPS) is 12.0. The molecule has 112 valence electrons. The number of halogens is 2. The highest BCUT2D eigenvalue weighted by Crippen LogP contribution is 2.29. The second kappa shape index (κ2) is 7.33. The van der Waals surface area contributed by atoms with Crippen LogP contribution in [0.1, 0.15) is 18.9 Å². The van der Waals surface area contributed by atoms with Crippen molar-refractivity contribution in [2.75, 3.05) is 5.32 Å². The number of nitrogens with one attached hydrogen (secondary N) is 1. The number of benzene rings is 1. The number of amides is 1. The molecule has 0 saturated carbocycles. The van der Waals surface area contributed by atoms with Crippen molar-refractivity contribution in [3.63, 3.8) is 0 Å². The van der Waals surface area contributed by atoms with Crippen LogP contribution in [0.15, 0.2) is 27.1 Å². The fourth-order valence-corrected chi connectivity index (χ4v) is 3.29. The summed E-state index contributed by atoms with van der Waals surface area (Å²) >= 11 is 8.13. The summed E-state index contributed by atoms with van der Waals surface area (Å²) in [6.07, 6.45) is 0.155. The third-order valence-corrected chi connectivity index (χ3v) is 4.66. The van der Waals surface area contributed by atoms with E-state index in [2.05, 4.69) is 47.4 Å². The lowest BCUT2D eigenvalue weighted by Crippen LogP contribution is -2.30. The number of hydrogen-bond acceptors (Lipinski definition) is 5. The molecule has 0 bridgehead atoms. The first-order chi connectivity index (χ1) is 9.99. The maximum absolute atomic E-state index is 12.1. The molecule has 5 nitrogen and oxygen atoms in total. The zero-order valence-electron chi connectivity index (χ0n) is 11.4. The van der Waals surface area contributed by atoms with E-state index in [4.69, 9.17) is 4.74 Å². The lowest BCUT2D eigenvalue weighted by Gasteiger charge is -2.14. The SMILES string of the molecule is CCc1nnc(NC(=O)[C@H](C)Oc2ccc(Br)cc2Br)s1. The van der Waals surface area contributed by atoms with E-state index >= 15 is 0 Å². The number of aromatic nitrogens is 2. The van der Waals surface area contributed by atoms with Crippen LogP contribution in [0.3, 0.4) is 0 Å². The first-order valence-corrected chi connectivity index (χ1v) is 8.64. The van der Waals surface area contributed by atoms with Crippen molar-refractivity contribution in [1.82, 2.24) is 10.2 Å². The first-order valence-electron chi connectivity index (χ1n) is 6.24. The van der Waals surface area contributed by atoms with Crippen molar-refractivity contribution in [2.45, 2.75) is 26.4 Å². The summed E-state index contributed by atoms with van der Waals surface area (Å²) in [6, 6.07) is 5.50. The van der Waals surface area contributed by atoms with E-state index in [9.17, 15) is 4.79 Å². The monoisotopic (exact) mass is 433 g/mol. The third kappa shape index (κ3) is 4.49. The van der Waals surface area contributed by atoms with Gasteiger partial charge in [-0.25, -0.2) is 0 Å². The number of anilines is 1. The summed E-state index contributed by atoms with van der Waals surface area (Å²) in [5, 5.41) is 11.9. The van der Waals surface area contributed by atoms with Crippen molar-refractivity contribution in [3.8, 4) is 5.75 Å². The average Bonchev–Trinajstić information content (AvgIpc) is 2.89. The molecule has 1 aromatic heterocycles. The van der Waals surface area contributed by atoms with Crippen LogP contribution >= 0.6 is 43.2 Å². The molecular weight excluding hydrogens is 422 g/mol. The number of aryl methyl sites for hydroxylation is 1. The van der Waals surface area contributed by atoms with Gasteiger partial charge in [-0.3, -0.25) is 10.1 Å². The number of ether oxygens (including phenoxy) is 1. The molecule has 21 heavy (non-hydrogen) atoms. The van der Waals surface area contributed by atoms with E-state index in [0.29, 0.717) is 10.9 Å². The van der Waals surface area contributed by atoms with Gasteiger partial charge < -0.3 is 4.74 Å². The van der Waals surface area contributed by atoms with E-state index in [-0.39, 0.29) is 5.91 Å². The third-order valence-electron chi connectivity index (χ3n) is 2.57. The molecule has 0 aliphatic heterocycles. The predicted octanol–water partition coefficient (Wildman–Crippen LogP) is 4.03. The Hall–Kier alpha value is -0.990. The molecule has 0 spiro atoms. The van der Waals surface area contributed by atoms with Gasteiger partial charge in [0.05, 0.1) is 4.47 Å². The van der Waals surface area contributed by atoms with Crippen molar-refractivity contribution in [1.29, 1.82) is 0 Å². The zero-order chi connectivity index (χ0) is 15.4. The maximum atomic E-state index is 12.1. The molecule has 1 atom stereocenters. The first kappa shape index (κ1) is 16.4. The fraction of sp³-hybridized carbons (Fsp3) is 0.308. The molecule has 0 aliphatic carbocycles. The Morgan fingerprint density at radius 1 is 1.43 bits per heavy atom. The average molecular weight is 435 g/mol. The lowest BCUT2D eigenvalue weighted by molar-refractivity contribution is -0.122. The summed E-state index contributed by atoms with van der Waals surface area (Å²) < 4.78 is 7.35. The van der Waals surface area contributed by atoms with E-state index in [1.807, 2.05) is 19.1 Å². The minimum absolute atomic E-state index is 0.261. The zero-order valence-corrected chi connectivity index (χ0v) is 15.4. The summed E-state index contributed by atoms with van der Waals surface area (Å²) in [7, 11) is 0. The molecule has 0 radical (unpaired) electrons. The smallest absolute Gasteiger partial charge is 0.266 e. The highest BCUT2D eigenvalue weighted by Gasteiger charge is 2.18. The number of hydrogen-bond donors (Lipinski definition) is 1. The highest BCUT2D eigenvalue weighted by atomic mass is 79.9. The summed E-state index contributed by atoms with van der Waals surface area (Å²) in [6.45, 7) is 3.68. The molecule has 0 unspecified atom stereocenters. The topological polar surface area (TPSA) is 64.1 Å². The Kier molecular flexibility index (Phi) is 5.72. The van der Waals surface area contributed by atoms with Gasteiger partial charge in [0.15, 0.2) is 6.10 Å². The molecular formula is C13H13Br2N3O2S. The molecule has 2 rings (SSSR count). The summed E-state index contributed by atoms with van der Waals surface area (Å²) in [5.41, 5.74) is 0. The minimum atomic E-state index is -0.642. The van der Waals surface area contributed by atoms with E-state index < -0.39 is 6.10 Å². The molecule has 2 aromatic rings. The van der Waals surface area contributed by atoms with Crippen LogP contribution in [-0.2, 0) is 11.2 Å². The molecule has 1 aromatic carbocycles. The second-order valence-corrected chi connectivity index (χ2v) is 7.01. The standard InChI is InChI=1S/C13H13Br2N3O2S/c1-3-11-17-18-13(21-11)16-12(19)7(2)20-10-5-4-8(14)6-9(10)15/h4-7H,3H2,1-2H3,(H,16,18,19)/t7-/m0/s1. The second-order valence-electron chi connectivity index (χ2n) is 4.18. The van der Waals surface area contributed by atoms with Crippen molar-refractivity contribution in [3.05, 3.63) is 32.2 Å². The van der Waals surface area contributed by atoms with Gasteiger partial charge in [-0.2, -0.15) is 0 Å². The van der Waals surface area contributed by atoms with Crippen LogP contribution in [0.5, 0.6) is 5.75 Å². The fourth-order valence-electron chi connectivity index (χ4n) is 1.47. The molecule has 1 heterocycles. The Labute approximate surface area is 143 Å². The largest absolute Gasteiger partial charge is 0.480 e. The van der Waals surface area contributed by atoms with Crippen molar-refractivity contribution >= 4 is 54.2 Å². The van der Waals surface area contributed by atoms with Crippen molar-refractivity contribution in [2.24, 2.45) is 0 Å². The molecule has 8 heteroatoms. The lowest BCUT2D eigenvalue weighted by atomic mass is 10.3. The number of carbonyl (C=O) groups excluding carboxylic acids is 1. The van der Waals surface area contributed by atoms with Crippen LogP contribution in [0, 0.1) is 0 Å². The van der Waals surface area contributed by atoms with E-state index in [1.54, 1.807) is 13.0 Å². The van der Waals surface area contributed by atoms with Gasteiger partial charge in [0.25, 0.3) is 5.91 Å². The van der Waals surface area contributed by atoms with Crippen LogP contribution in [0.2, 0.25) is 0 Å². The summed E-state index contributed by atoms with van der Waals surface area (Å²) in [5.74, 6) is 0.344. The Morgan fingerprint density at radius 2 is 2.19 bits per heavy atom. The van der Waals surface area contributed by atoms with Crippen LogP contribution in [0.25, 0.3) is 0 Å². The van der Waals surface area contributed by atoms with E-state index in [1.165, 1.54) is 11.3 Å². The maximum Gasteiger partial charge on any atom is 0.266 e. The minimum Gasteiger partial charge on any atom is -0.480 e. The quantitative estimate of drug-likeness (QED) is 0.771. The number of rotatable bonds is 5. The predicted molar refractivity (Wildman–Crippen MR) is 89.8 cm³/mol. The van der Waals surface area contributed by atoms with Crippen LogP contribution < -0.4 is 10.1 Å². The molecule has 1 N–H and O–H groups in total. The van der Waals surface area contributed by atoms with Crippen LogP contribution in [0.4, 0.5) is 5.13 Å². The van der Waals surface area contributed by atoms with Gasteiger partial charge >= 0.3 is 0 Å². The van der Waals surface area contributed by atoms with Gasteiger partial charge in [0.2, 0.25) is 5.13 Å². The van der Waals surface area contributed by atoms with Gasteiger partial charge in [0, 0.05) is 4.47 Å². The van der Waals surface area contributed by atoms with Gasteiger partial charge in [-0.05, 0) is 47.5 Å².